The van der Waals surface area contributed by atoms with Crippen molar-refractivity contribution in [1.82, 2.24) is 4.31 Å². The molecular formula is C25H26N2O5S. The van der Waals surface area contributed by atoms with Gasteiger partial charge in [0.1, 0.15) is 11.5 Å². The molecule has 1 heterocycles. The number of hydrogen-bond donors (Lipinski definition) is 1. The third-order valence-electron chi connectivity index (χ3n) is 5.56. The summed E-state index contributed by atoms with van der Waals surface area (Å²) < 4.78 is 38.3. The molecule has 0 spiro atoms. The second-order valence-electron chi connectivity index (χ2n) is 7.90. The van der Waals surface area contributed by atoms with E-state index in [0.717, 1.165) is 16.7 Å². The number of sulfonamides is 1. The van der Waals surface area contributed by atoms with Crippen molar-refractivity contribution >= 4 is 21.6 Å². The molecule has 0 atom stereocenters. The molecule has 0 aromatic heterocycles. The lowest BCUT2D eigenvalue weighted by Crippen LogP contribution is -2.36. The summed E-state index contributed by atoms with van der Waals surface area (Å²) in [5, 5.41) is 2.83. The Morgan fingerprint density at radius 3 is 2.36 bits per heavy atom. The molecule has 0 radical (unpaired) electrons. The first kappa shape index (κ1) is 22.8. The van der Waals surface area contributed by atoms with E-state index in [1.165, 1.54) is 11.4 Å². The van der Waals surface area contributed by atoms with Crippen molar-refractivity contribution in [3.8, 4) is 11.5 Å². The largest absolute Gasteiger partial charge is 0.497 e. The maximum Gasteiger partial charge on any atom is 0.262 e. The molecule has 1 aliphatic rings. The molecule has 8 heteroatoms. The first-order valence-corrected chi connectivity index (χ1v) is 12.0. The molecule has 0 saturated carbocycles. The quantitative estimate of drug-likeness (QED) is 0.573. The molecule has 1 aliphatic heterocycles. The zero-order chi connectivity index (χ0) is 23.4. The monoisotopic (exact) mass is 466 g/mol. The summed E-state index contributed by atoms with van der Waals surface area (Å²) in [5.41, 5.74) is 3.67. The fraction of sp³-hybridized carbons (Fsp3) is 0.240. The van der Waals surface area contributed by atoms with Gasteiger partial charge in [-0.3, -0.25) is 4.79 Å². The van der Waals surface area contributed by atoms with Crippen molar-refractivity contribution in [2.45, 2.75) is 24.8 Å². The van der Waals surface area contributed by atoms with Crippen LogP contribution >= 0.6 is 0 Å². The standard InChI is InChI=1S/C25H26N2O5S/c1-18-3-7-23(8-4-18)32-17-25(28)26-21-6-5-19-13-14-27(16-20(19)15-21)33(29,30)24-11-9-22(31-2)10-12-24/h3-12,15H,13-14,16-17H2,1-2H3,(H,26,28). The summed E-state index contributed by atoms with van der Waals surface area (Å²) in [6, 6.07) is 19.4. The number of amides is 1. The Morgan fingerprint density at radius 1 is 0.970 bits per heavy atom. The highest BCUT2D eigenvalue weighted by atomic mass is 32.2. The predicted octanol–water partition coefficient (Wildman–Crippen LogP) is 3.77. The Bertz CT molecular complexity index is 1240. The Kier molecular flexibility index (Phi) is 6.67. The molecule has 33 heavy (non-hydrogen) atoms. The van der Waals surface area contributed by atoms with Crippen molar-refractivity contribution < 1.29 is 22.7 Å². The number of nitrogens with zero attached hydrogens (tertiary/aromatic N) is 1. The number of aryl methyl sites for hydroxylation is 1. The Hall–Kier alpha value is -3.36. The SMILES string of the molecule is COc1ccc(S(=O)(=O)N2CCc3ccc(NC(=O)COc4ccc(C)cc4)cc3C2)cc1. The van der Waals surface area contributed by atoms with E-state index in [0.29, 0.717) is 30.2 Å². The van der Waals surface area contributed by atoms with Gasteiger partial charge in [0.05, 0.1) is 12.0 Å². The highest BCUT2D eigenvalue weighted by Crippen LogP contribution is 2.28. The summed E-state index contributed by atoms with van der Waals surface area (Å²) in [6.07, 6.45) is 0.607. The molecule has 4 rings (SSSR count). The molecule has 1 N–H and O–H groups in total. The van der Waals surface area contributed by atoms with Crippen LogP contribution in [0.25, 0.3) is 0 Å². The first-order chi connectivity index (χ1) is 15.8. The molecule has 3 aromatic rings. The van der Waals surface area contributed by atoms with Crippen LogP contribution in [-0.2, 0) is 27.8 Å². The third kappa shape index (κ3) is 5.35. The molecule has 3 aromatic carbocycles. The van der Waals surface area contributed by atoms with Crippen LogP contribution in [0.4, 0.5) is 5.69 Å². The molecule has 0 bridgehead atoms. The van der Waals surface area contributed by atoms with E-state index in [2.05, 4.69) is 5.32 Å². The number of rotatable bonds is 7. The number of nitrogens with one attached hydrogen (secondary N) is 1. The van der Waals surface area contributed by atoms with Gasteiger partial charge in [-0.1, -0.05) is 23.8 Å². The maximum atomic E-state index is 13.1. The summed E-state index contributed by atoms with van der Waals surface area (Å²) in [6.45, 7) is 2.51. The van der Waals surface area contributed by atoms with Crippen LogP contribution < -0.4 is 14.8 Å². The van der Waals surface area contributed by atoms with Gasteiger partial charge in [-0.15, -0.1) is 0 Å². The lowest BCUT2D eigenvalue weighted by molar-refractivity contribution is -0.118. The molecule has 0 fully saturated rings. The molecule has 7 nitrogen and oxygen atoms in total. The van der Waals surface area contributed by atoms with Crippen LogP contribution in [0.15, 0.2) is 71.6 Å². The molecule has 0 aliphatic carbocycles. The third-order valence-corrected chi connectivity index (χ3v) is 7.41. The van der Waals surface area contributed by atoms with Gasteiger partial charge in [-0.2, -0.15) is 4.31 Å². The van der Waals surface area contributed by atoms with Crippen molar-refractivity contribution in [1.29, 1.82) is 0 Å². The van der Waals surface area contributed by atoms with Crippen molar-refractivity contribution in [2.24, 2.45) is 0 Å². The molecule has 0 saturated heterocycles. The van der Waals surface area contributed by atoms with Gasteiger partial charge in [0, 0.05) is 18.8 Å². The number of carbonyl (C=O) groups excluding carboxylic acids is 1. The number of fused-ring (bicyclic) bond motifs is 1. The van der Waals surface area contributed by atoms with Crippen LogP contribution in [-0.4, -0.2) is 38.9 Å². The number of benzene rings is 3. The lowest BCUT2D eigenvalue weighted by Gasteiger charge is -2.28. The number of anilines is 1. The van der Waals surface area contributed by atoms with Gasteiger partial charge in [0.2, 0.25) is 10.0 Å². The van der Waals surface area contributed by atoms with E-state index in [1.807, 2.05) is 49.4 Å². The summed E-state index contributed by atoms with van der Waals surface area (Å²) in [4.78, 5) is 12.6. The smallest absolute Gasteiger partial charge is 0.262 e. The Morgan fingerprint density at radius 2 is 1.67 bits per heavy atom. The van der Waals surface area contributed by atoms with E-state index in [1.54, 1.807) is 24.3 Å². The topological polar surface area (TPSA) is 84.9 Å². The van der Waals surface area contributed by atoms with Gasteiger partial charge in [0.15, 0.2) is 6.61 Å². The predicted molar refractivity (Wildman–Crippen MR) is 126 cm³/mol. The van der Waals surface area contributed by atoms with Crippen LogP contribution in [0.2, 0.25) is 0 Å². The molecule has 1 amide bonds. The Balaban J connectivity index is 1.42. The second kappa shape index (κ2) is 9.64. The van der Waals surface area contributed by atoms with Crippen LogP contribution in [0.1, 0.15) is 16.7 Å². The minimum atomic E-state index is -3.64. The molecule has 172 valence electrons. The summed E-state index contributed by atoms with van der Waals surface area (Å²) in [5.74, 6) is 0.944. The number of ether oxygens (including phenoxy) is 2. The van der Waals surface area contributed by atoms with Crippen LogP contribution in [0.5, 0.6) is 11.5 Å². The van der Waals surface area contributed by atoms with Crippen molar-refractivity contribution in [3.63, 3.8) is 0 Å². The summed E-state index contributed by atoms with van der Waals surface area (Å²) >= 11 is 0. The van der Waals surface area contributed by atoms with Gasteiger partial charge < -0.3 is 14.8 Å². The zero-order valence-corrected chi connectivity index (χ0v) is 19.4. The van der Waals surface area contributed by atoms with E-state index in [9.17, 15) is 13.2 Å². The minimum absolute atomic E-state index is 0.113. The second-order valence-corrected chi connectivity index (χ2v) is 9.84. The number of carbonyl (C=O) groups is 1. The van der Waals surface area contributed by atoms with Crippen molar-refractivity contribution in [3.05, 3.63) is 83.4 Å². The highest BCUT2D eigenvalue weighted by Gasteiger charge is 2.28. The maximum absolute atomic E-state index is 13.1. The Labute approximate surface area is 194 Å². The van der Waals surface area contributed by atoms with Crippen molar-refractivity contribution in [2.75, 3.05) is 25.6 Å². The van der Waals surface area contributed by atoms with Gasteiger partial charge in [0.25, 0.3) is 5.91 Å². The van der Waals surface area contributed by atoms with Gasteiger partial charge in [-0.05, 0) is 73.0 Å². The average molecular weight is 467 g/mol. The molecular weight excluding hydrogens is 440 g/mol. The van der Waals surface area contributed by atoms with Crippen LogP contribution in [0.3, 0.4) is 0 Å². The highest BCUT2D eigenvalue weighted by molar-refractivity contribution is 7.89. The zero-order valence-electron chi connectivity index (χ0n) is 18.6. The minimum Gasteiger partial charge on any atom is -0.497 e. The fourth-order valence-electron chi connectivity index (χ4n) is 3.69. The van der Waals surface area contributed by atoms with E-state index >= 15 is 0 Å². The van der Waals surface area contributed by atoms with E-state index in [-0.39, 0.29) is 24.0 Å². The van der Waals surface area contributed by atoms with E-state index in [4.69, 9.17) is 9.47 Å². The summed E-state index contributed by atoms with van der Waals surface area (Å²) in [7, 11) is -2.10. The molecule has 0 unspecified atom stereocenters. The lowest BCUT2D eigenvalue weighted by atomic mass is 10.0. The van der Waals surface area contributed by atoms with E-state index < -0.39 is 10.0 Å². The first-order valence-electron chi connectivity index (χ1n) is 10.6. The number of methoxy groups -OCH3 is 1. The number of hydrogen-bond acceptors (Lipinski definition) is 5. The fourth-order valence-corrected chi connectivity index (χ4v) is 5.11. The normalized spacial score (nSPS) is 13.8. The van der Waals surface area contributed by atoms with Gasteiger partial charge >= 0.3 is 0 Å². The van der Waals surface area contributed by atoms with Gasteiger partial charge in [-0.25, -0.2) is 8.42 Å². The average Bonchev–Trinajstić information content (AvgIpc) is 2.83. The van der Waals surface area contributed by atoms with Crippen LogP contribution in [0, 0.1) is 6.92 Å².